The van der Waals surface area contributed by atoms with Crippen LogP contribution >= 0.6 is 15.9 Å². The third-order valence-corrected chi connectivity index (χ3v) is 3.64. The molecule has 0 aliphatic heterocycles. The second kappa shape index (κ2) is 7.59. The van der Waals surface area contributed by atoms with Gasteiger partial charge in [-0.05, 0) is 12.1 Å². The summed E-state index contributed by atoms with van der Waals surface area (Å²) >= 11 is 3.28. The fourth-order valence-corrected chi connectivity index (χ4v) is 2.51. The molecule has 122 valence electrons. The van der Waals surface area contributed by atoms with Gasteiger partial charge in [0.15, 0.2) is 0 Å². The standard InChI is InChI=1S/C13H15BrO7S/c1-8(15)19-6-10-11(7-20-9(2)16)13(5-4-12(10)14)21-22(3,17)18/h4-5H,6-7H2,1-3H3. The Balaban J connectivity index is 3.27. The first-order valence-corrected chi connectivity index (χ1v) is 8.67. The van der Waals surface area contributed by atoms with Crippen molar-refractivity contribution in [1.82, 2.24) is 0 Å². The largest absolute Gasteiger partial charge is 0.461 e. The van der Waals surface area contributed by atoms with Crippen LogP contribution < -0.4 is 4.18 Å². The smallest absolute Gasteiger partial charge is 0.306 e. The molecule has 0 aromatic heterocycles. The van der Waals surface area contributed by atoms with Crippen LogP contribution in [-0.2, 0) is 42.4 Å². The van der Waals surface area contributed by atoms with Crippen molar-refractivity contribution in [3.8, 4) is 5.75 Å². The summed E-state index contributed by atoms with van der Waals surface area (Å²) in [6.07, 6.45) is 0.899. The van der Waals surface area contributed by atoms with Gasteiger partial charge in [-0.25, -0.2) is 0 Å². The summed E-state index contributed by atoms with van der Waals surface area (Å²) in [5.41, 5.74) is 0.758. The van der Waals surface area contributed by atoms with Gasteiger partial charge in [0.25, 0.3) is 0 Å². The van der Waals surface area contributed by atoms with Gasteiger partial charge in [-0.3, -0.25) is 9.59 Å². The number of carbonyl (C=O) groups is 2. The molecule has 0 radical (unpaired) electrons. The minimum atomic E-state index is -3.76. The highest BCUT2D eigenvalue weighted by Crippen LogP contribution is 2.31. The summed E-state index contributed by atoms with van der Waals surface area (Å²) in [6, 6.07) is 2.97. The molecule has 0 saturated carbocycles. The Hall–Kier alpha value is -1.61. The van der Waals surface area contributed by atoms with Gasteiger partial charge in [0.05, 0.1) is 6.26 Å². The summed E-state index contributed by atoms with van der Waals surface area (Å²) in [6.45, 7) is 2.14. The summed E-state index contributed by atoms with van der Waals surface area (Å²) < 4.78 is 37.9. The Kier molecular flexibility index (Phi) is 6.36. The molecule has 0 amide bonds. The third-order valence-electron chi connectivity index (χ3n) is 2.41. The lowest BCUT2D eigenvalue weighted by Crippen LogP contribution is -2.12. The maximum absolute atomic E-state index is 11.3. The summed E-state index contributed by atoms with van der Waals surface area (Å²) in [5.74, 6) is -1.03. The molecule has 0 atom stereocenters. The van der Waals surface area contributed by atoms with Gasteiger partial charge in [0.2, 0.25) is 0 Å². The number of carbonyl (C=O) groups excluding carboxylic acids is 2. The number of rotatable bonds is 6. The van der Waals surface area contributed by atoms with E-state index in [4.69, 9.17) is 13.7 Å². The fraction of sp³-hybridized carbons (Fsp3) is 0.385. The Bertz CT molecular complexity index is 682. The van der Waals surface area contributed by atoms with Gasteiger partial charge in [0.1, 0.15) is 19.0 Å². The number of benzene rings is 1. The Morgan fingerprint density at radius 3 is 2.00 bits per heavy atom. The molecule has 0 fully saturated rings. The molecule has 7 nitrogen and oxygen atoms in total. The van der Waals surface area contributed by atoms with Crippen LogP contribution in [0.3, 0.4) is 0 Å². The van der Waals surface area contributed by atoms with Gasteiger partial charge in [-0.1, -0.05) is 15.9 Å². The highest BCUT2D eigenvalue weighted by Gasteiger charge is 2.18. The van der Waals surface area contributed by atoms with Crippen LogP contribution in [0.1, 0.15) is 25.0 Å². The van der Waals surface area contributed by atoms with E-state index in [2.05, 4.69) is 15.9 Å². The molecule has 1 rings (SSSR count). The van der Waals surface area contributed by atoms with Crippen LogP contribution in [0.15, 0.2) is 16.6 Å². The number of esters is 2. The number of ether oxygens (including phenoxy) is 2. The normalized spacial score (nSPS) is 10.9. The molecule has 0 saturated heterocycles. The molecule has 0 N–H and O–H groups in total. The van der Waals surface area contributed by atoms with E-state index >= 15 is 0 Å². The summed E-state index contributed by atoms with van der Waals surface area (Å²) in [4.78, 5) is 22.0. The van der Waals surface area contributed by atoms with Crippen LogP contribution in [-0.4, -0.2) is 26.6 Å². The van der Waals surface area contributed by atoms with Crippen LogP contribution in [0.25, 0.3) is 0 Å². The predicted molar refractivity (Wildman–Crippen MR) is 80.6 cm³/mol. The zero-order valence-corrected chi connectivity index (χ0v) is 14.6. The van der Waals surface area contributed by atoms with Crippen LogP contribution in [0.4, 0.5) is 0 Å². The van der Waals surface area contributed by atoms with Crippen molar-refractivity contribution in [2.45, 2.75) is 27.1 Å². The highest BCUT2D eigenvalue weighted by molar-refractivity contribution is 9.10. The minimum Gasteiger partial charge on any atom is -0.461 e. The van der Waals surface area contributed by atoms with E-state index in [0.717, 1.165) is 6.26 Å². The average Bonchev–Trinajstić information content (AvgIpc) is 2.35. The molecule has 0 heterocycles. The van der Waals surface area contributed by atoms with Crippen molar-refractivity contribution in [2.24, 2.45) is 0 Å². The first-order chi connectivity index (χ1) is 10.1. The minimum absolute atomic E-state index is 0.00843. The van der Waals surface area contributed by atoms with E-state index in [0.29, 0.717) is 15.6 Å². The molecule has 0 unspecified atom stereocenters. The molecule has 0 spiro atoms. The first kappa shape index (κ1) is 18.4. The van der Waals surface area contributed by atoms with Gasteiger partial charge in [-0.15, -0.1) is 0 Å². The Labute approximate surface area is 136 Å². The third kappa shape index (κ3) is 6.02. The lowest BCUT2D eigenvalue weighted by atomic mass is 10.1. The number of hydrogen-bond acceptors (Lipinski definition) is 7. The van der Waals surface area contributed by atoms with Gasteiger partial charge in [-0.2, -0.15) is 8.42 Å². The molecule has 0 bridgehead atoms. The average molecular weight is 395 g/mol. The molecular weight excluding hydrogens is 380 g/mol. The highest BCUT2D eigenvalue weighted by atomic mass is 79.9. The maximum Gasteiger partial charge on any atom is 0.306 e. The number of halogens is 1. The van der Waals surface area contributed by atoms with E-state index < -0.39 is 22.1 Å². The van der Waals surface area contributed by atoms with Crippen molar-refractivity contribution in [3.05, 3.63) is 27.7 Å². The molecule has 22 heavy (non-hydrogen) atoms. The fourth-order valence-electron chi connectivity index (χ4n) is 1.55. The monoisotopic (exact) mass is 394 g/mol. The van der Waals surface area contributed by atoms with E-state index in [9.17, 15) is 18.0 Å². The molecule has 0 aliphatic rings. The van der Waals surface area contributed by atoms with E-state index in [1.54, 1.807) is 6.07 Å². The van der Waals surface area contributed by atoms with Gasteiger partial charge < -0.3 is 13.7 Å². The maximum atomic E-state index is 11.3. The van der Waals surface area contributed by atoms with Crippen LogP contribution in [0.2, 0.25) is 0 Å². The SMILES string of the molecule is CC(=O)OCc1c(Br)ccc(OS(C)(=O)=O)c1COC(C)=O. The quantitative estimate of drug-likeness (QED) is 0.536. The molecule has 1 aromatic carbocycles. The van der Waals surface area contributed by atoms with Crippen molar-refractivity contribution in [1.29, 1.82) is 0 Å². The lowest BCUT2D eigenvalue weighted by Gasteiger charge is -2.16. The molecule has 0 aliphatic carbocycles. The van der Waals surface area contributed by atoms with Crippen LogP contribution in [0, 0.1) is 0 Å². The summed E-state index contributed by atoms with van der Waals surface area (Å²) in [5, 5.41) is 0. The summed E-state index contributed by atoms with van der Waals surface area (Å²) in [7, 11) is -3.76. The Morgan fingerprint density at radius 2 is 1.55 bits per heavy atom. The predicted octanol–water partition coefficient (Wildman–Crippen LogP) is 1.91. The Morgan fingerprint density at radius 1 is 1.05 bits per heavy atom. The number of hydrogen-bond donors (Lipinski definition) is 0. The van der Waals surface area contributed by atoms with E-state index in [1.165, 1.54) is 19.9 Å². The van der Waals surface area contributed by atoms with Gasteiger partial charge >= 0.3 is 22.1 Å². The molecular formula is C13H15BrO7S. The van der Waals surface area contributed by atoms with Crippen molar-refractivity contribution in [3.63, 3.8) is 0 Å². The second-order valence-electron chi connectivity index (χ2n) is 4.35. The zero-order valence-electron chi connectivity index (χ0n) is 12.2. The molecule has 9 heteroatoms. The van der Waals surface area contributed by atoms with Gasteiger partial charge in [0, 0.05) is 29.4 Å². The van der Waals surface area contributed by atoms with Crippen molar-refractivity contribution in [2.75, 3.05) is 6.26 Å². The first-order valence-electron chi connectivity index (χ1n) is 6.06. The van der Waals surface area contributed by atoms with Crippen molar-refractivity contribution < 1.29 is 31.7 Å². The van der Waals surface area contributed by atoms with E-state index in [-0.39, 0.29) is 19.0 Å². The topological polar surface area (TPSA) is 96.0 Å². The van der Waals surface area contributed by atoms with Crippen LogP contribution in [0.5, 0.6) is 5.75 Å². The van der Waals surface area contributed by atoms with E-state index in [1.807, 2.05) is 0 Å². The second-order valence-corrected chi connectivity index (χ2v) is 6.78. The van der Waals surface area contributed by atoms with Crippen molar-refractivity contribution >= 4 is 38.0 Å². The molecule has 1 aromatic rings. The zero-order chi connectivity index (χ0) is 16.9. The lowest BCUT2D eigenvalue weighted by molar-refractivity contribution is -0.144.